The van der Waals surface area contributed by atoms with Gasteiger partial charge in [-0.05, 0) is 30.5 Å². The van der Waals surface area contributed by atoms with E-state index < -0.39 is 6.10 Å². The lowest BCUT2D eigenvalue weighted by Gasteiger charge is -2.28. The van der Waals surface area contributed by atoms with Crippen molar-refractivity contribution >= 4 is 11.4 Å². The summed E-state index contributed by atoms with van der Waals surface area (Å²) in [4.78, 5) is 2.26. The van der Waals surface area contributed by atoms with E-state index in [0.717, 1.165) is 18.7 Å². The van der Waals surface area contributed by atoms with Crippen molar-refractivity contribution in [3.8, 4) is 0 Å². The van der Waals surface area contributed by atoms with Gasteiger partial charge < -0.3 is 20.4 Å². The number of nitrogens with one attached hydrogen (secondary N) is 1. The highest BCUT2D eigenvalue weighted by molar-refractivity contribution is 5.63. The van der Waals surface area contributed by atoms with E-state index in [0.29, 0.717) is 6.54 Å². The van der Waals surface area contributed by atoms with Crippen LogP contribution in [0.5, 0.6) is 0 Å². The van der Waals surface area contributed by atoms with Crippen molar-refractivity contribution in [1.82, 2.24) is 0 Å². The average Bonchev–Trinajstić information content (AvgIpc) is 2.36. The maximum atomic E-state index is 9.29. The molecule has 0 fully saturated rings. The SMILES string of the molecule is CN1CCCc2ccc(NCC(O)CO)cc21. The van der Waals surface area contributed by atoms with Crippen LogP contribution < -0.4 is 10.2 Å². The Hall–Kier alpha value is -1.26. The highest BCUT2D eigenvalue weighted by atomic mass is 16.3. The second-order valence-corrected chi connectivity index (χ2v) is 4.59. The quantitative estimate of drug-likeness (QED) is 0.725. The molecule has 3 N–H and O–H groups in total. The fourth-order valence-electron chi connectivity index (χ4n) is 2.17. The summed E-state index contributed by atoms with van der Waals surface area (Å²) in [7, 11) is 2.10. The first-order valence-electron chi connectivity index (χ1n) is 6.07. The summed E-state index contributed by atoms with van der Waals surface area (Å²) in [5.74, 6) is 0. The zero-order valence-corrected chi connectivity index (χ0v) is 10.2. The molecular formula is C13H20N2O2. The minimum absolute atomic E-state index is 0.210. The Balaban J connectivity index is 2.07. The number of aliphatic hydroxyl groups excluding tert-OH is 2. The molecule has 1 aliphatic heterocycles. The van der Waals surface area contributed by atoms with Crippen molar-refractivity contribution in [2.45, 2.75) is 18.9 Å². The Bertz CT molecular complexity index is 382. The van der Waals surface area contributed by atoms with E-state index in [-0.39, 0.29) is 6.61 Å². The molecule has 1 aromatic carbocycles. The van der Waals surface area contributed by atoms with Crippen LogP contribution in [0.15, 0.2) is 18.2 Å². The highest BCUT2D eigenvalue weighted by Crippen LogP contribution is 2.28. The molecule has 1 heterocycles. The molecule has 0 saturated heterocycles. The number of aryl methyl sites for hydroxylation is 1. The summed E-state index contributed by atoms with van der Waals surface area (Å²) in [5.41, 5.74) is 3.64. The minimum atomic E-state index is -0.705. The lowest BCUT2D eigenvalue weighted by atomic mass is 10.0. The van der Waals surface area contributed by atoms with Crippen LogP contribution >= 0.6 is 0 Å². The molecular weight excluding hydrogens is 216 g/mol. The molecule has 1 aromatic rings. The number of aliphatic hydroxyl groups is 2. The van der Waals surface area contributed by atoms with Crippen LogP contribution in [-0.2, 0) is 6.42 Å². The van der Waals surface area contributed by atoms with Gasteiger partial charge in [0.1, 0.15) is 0 Å². The smallest absolute Gasteiger partial charge is 0.0942 e. The third-order valence-corrected chi connectivity index (χ3v) is 3.19. The first-order chi connectivity index (χ1) is 8.20. The largest absolute Gasteiger partial charge is 0.394 e. The maximum absolute atomic E-state index is 9.29. The van der Waals surface area contributed by atoms with Crippen molar-refractivity contribution in [3.05, 3.63) is 23.8 Å². The van der Waals surface area contributed by atoms with Gasteiger partial charge in [0.2, 0.25) is 0 Å². The molecule has 4 nitrogen and oxygen atoms in total. The predicted octanol–water partition coefficient (Wildman–Crippen LogP) is 0.834. The van der Waals surface area contributed by atoms with E-state index in [9.17, 15) is 5.11 Å². The average molecular weight is 236 g/mol. The molecule has 0 aromatic heterocycles. The van der Waals surface area contributed by atoms with E-state index in [4.69, 9.17) is 5.11 Å². The molecule has 0 amide bonds. The first kappa shape index (κ1) is 12.2. The monoisotopic (exact) mass is 236 g/mol. The number of hydrogen-bond acceptors (Lipinski definition) is 4. The number of nitrogens with zero attached hydrogens (tertiary/aromatic N) is 1. The van der Waals surface area contributed by atoms with Crippen LogP contribution in [0.1, 0.15) is 12.0 Å². The Morgan fingerprint density at radius 3 is 3.06 bits per heavy atom. The van der Waals surface area contributed by atoms with Crippen LogP contribution in [0.2, 0.25) is 0 Å². The van der Waals surface area contributed by atoms with Crippen molar-refractivity contribution in [3.63, 3.8) is 0 Å². The van der Waals surface area contributed by atoms with E-state index in [1.165, 1.54) is 17.7 Å². The summed E-state index contributed by atoms with van der Waals surface area (Å²) < 4.78 is 0. The van der Waals surface area contributed by atoms with Crippen LogP contribution in [0.3, 0.4) is 0 Å². The molecule has 0 aliphatic carbocycles. The second-order valence-electron chi connectivity index (χ2n) is 4.59. The summed E-state index contributed by atoms with van der Waals surface area (Å²) in [6.45, 7) is 1.26. The minimum Gasteiger partial charge on any atom is -0.394 e. The van der Waals surface area contributed by atoms with Crippen molar-refractivity contribution in [1.29, 1.82) is 0 Å². The van der Waals surface area contributed by atoms with E-state index >= 15 is 0 Å². The number of anilines is 2. The van der Waals surface area contributed by atoms with E-state index in [2.05, 4.69) is 29.4 Å². The lowest BCUT2D eigenvalue weighted by molar-refractivity contribution is 0.105. The fraction of sp³-hybridized carbons (Fsp3) is 0.538. The fourth-order valence-corrected chi connectivity index (χ4v) is 2.17. The topological polar surface area (TPSA) is 55.7 Å². The standard InChI is InChI=1S/C13H20N2O2/c1-15-6-2-3-10-4-5-11(7-13(10)15)14-8-12(17)9-16/h4-5,7,12,14,16-17H,2-3,6,8-9H2,1H3. The molecule has 0 saturated carbocycles. The van der Waals surface area contributed by atoms with Gasteiger partial charge in [-0.2, -0.15) is 0 Å². The van der Waals surface area contributed by atoms with Crippen LogP contribution in [0.25, 0.3) is 0 Å². The van der Waals surface area contributed by atoms with Gasteiger partial charge in [-0.3, -0.25) is 0 Å². The van der Waals surface area contributed by atoms with Crippen molar-refractivity contribution in [2.75, 3.05) is 37.0 Å². The van der Waals surface area contributed by atoms with Gasteiger partial charge >= 0.3 is 0 Å². The zero-order chi connectivity index (χ0) is 12.3. The van der Waals surface area contributed by atoms with Crippen LogP contribution in [-0.4, -0.2) is 43.1 Å². The predicted molar refractivity (Wildman–Crippen MR) is 69.6 cm³/mol. The third-order valence-electron chi connectivity index (χ3n) is 3.19. The van der Waals surface area contributed by atoms with Gasteiger partial charge in [-0.1, -0.05) is 6.07 Å². The zero-order valence-electron chi connectivity index (χ0n) is 10.2. The molecule has 94 valence electrons. The molecule has 1 atom stereocenters. The third kappa shape index (κ3) is 2.90. The molecule has 0 bridgehead atoms. The van der Waals surface area contributed by atoms with E-state index in [1.54, 1.807) is 0 Å². The molecule has 1 unspecified atom stereocenters. The van der Waals surface area contributed by atoms with Gasteiger partial charge in [0, 0.05) is 31.5 Å². The van der Waals surface area contributed by atoms with Gasteiger partial charge in [0.25, 0.3) is 0 Å². The molecule has 1 aliphatic rings. The molecule has 0 radical (unpaired) electrons. The highest BCUT2D eigenvalue weighted by Gasteiger charge is 2.13. The van der Waals surface area contributed by atoms with Gasteiger partial charge in [-0.15, -0.1) is 0 Å². The summed E-state index contributed by atoms with van der Waals surface area (Å²) in [5, 5.41) is 21.2. The lowest BCUT2D eigenvalue weighted by Crippen LogP contribution is -2.25. The van der Waals surface area contributed by atoms with Crippen LogP contribution in [0, 0.1) is 0 Å². The van der Waals surface area contributed by atoms with Gasteiger partial charge in [0.05, 0.1) is 12.7 Å². The number of rotatable bonds is 4. The Kier molecular flexibility index (Phi) is 3.86. The van der Waals surface area contributed by atoms with Gasteiger partial charge in [0.15, 0.2) is 0 Å². The molecule has 17 heavy (non-hydrogen) atoms. The summed E-state index contributed by atoms with van der Waals surface area (Å²) in [6.07, 6.45) is 1.64. The van der Waals surface area contributed by atoms with Crippen LogP contribution in [0.4, 0.5) is 11.4 Å². The summed E-state index contributed by atoms with van der Waals surface area (Å²) in [6, 6.07) is 6.28. The molecule has 0 spiro atoms. The second kappa shape index (κ2) is 5.38. The normalized spacial score (nSPS) is 16.5. The number of benzene rings is 1. The Morgan fingerprint density at radius 2 is 2.29 bits per heavy atom. The maximum Gasteiger partial charge on any atom is 0.0942 e. The summed E-state index contributed by atoms with van der Waals surface area (Å²) >= 11 is 0. The van der Waals surface area contributed by atoms with Crippen molar-refractivity contribution < 1.29 is 10.2 Å². The van der Waals surface area contributed by atoms with Crippen molar-refractivity contribution in [2.24, 2.45) is 0 Å². The number of fused-ring (bicyclic) bond motifs is 1. The number of hydrogen-bond donors (Lipinski definition) is 3. The first-order valence-corrected chi connectivity index (χ1v) is 6.07. The molecule has 4 heteroatoms. The Morgan fingerprint density at radius 1 is 1.47 bits per heavy atom. The van der Waals surface area contributed by atoms with Gasteiger partial charge in [-0.25, -0.2) is 0 Å². The van der Waals surface area contributed by atoms with E-state index in [1.807, 2.05) is 6.07 Å². The molecule has 2 rings (SSSR count). The Labute approximate surface area is 102 Å².